The first kappa shape index (κ1) is 13.9. The summed E-state index contributed by atoms with van der Waals surface area (Å²) in [5, 5.41) is 18.2. The fraction of sp³-hybridized carbons (Fsp3) is 0.214. The van der Waals surface area contributed by atoms with Crippen LogP contribution in [0.15, 0.2) is 41.9 Å². The third-order valence-corrected chi connectivity index (χ3v) is 3.57. The van der Waals surface area contributed by atoms with Crippen LogP contribution in [0.2, 0.25) is 0 Å². The second kappa shape index (κ2) is 5.06. The number of allylic oxidation sites excluding steroid dienone is 2. The standard InChI is InChI=1S/C14H13N5O3/c1-8-12(9(2)20)13(18-14(17-8)15-7-16-18)10-4-3-5-11(6-10)19(21)22/h3-7,13H,1-2H3,(H,15,16,17)/t13-/m0/s1. The number of hydrogen-bond donors (Lipinski definition) is 1. The van der Waals surface area contributed by atoms with E-state index >= 15 is 0 Å². The molecule has 8 heteroatoms. The van der Waals surface area contributed by atoms with Gasteiger partial charge in [0.15, 0.2) is 5.78 Å². The van der Waals surface area contributed by atoms with Crippen LogP contribution in [0.1, 0.15) is 25.5 Å². The van der Waals surface area contributed by atoms with Crippen LogP contribution in [0, 0.1) is 10.1 Å². The van der Waals surface area contributed by atoms with Crippen molar-refractivity contribution >= 4 is 17.4 Å². The summed E-state index contributed by atoms with van der Waals surface area (Å²) in [6.45, 7) is 3.24. The van der Waals surface area contributed by atoms with Gasteiger partial charge in [0, 0.05) is 23.4 Å². The van der Waals surface area contributed by atoms with E-state index in [1.165, 1.54) is 25.4 Å². The van der Waals surface area contributed by atoms with Gasteiger partial charge in [-0.2, -0.15) is 10.1 Å². The molecule has 1 N–H and O–H groups in total. The monoisotopic (exact) mass is 299 g/mol. The first-order valence-corrected chi connectivity index (χ1v) is 6.61. The van der Waals surface area contributed by atoms with Crippen molar-refractivity contribution in [2.75, 3.05) is 5.32 Å². The molecule has 112 valence electrons. The molecular weight excluding hydrogens is 286 g/mol. The Kier molecular flexibility index (Phi) is 3.21. The predicted octanol–water partition coefficient (Wildman–Crippen LogP) is 2.06. The Balaban J connectivity index is 2.20. The highest BCUT2D eigenvalue weighted by atomic mass is 16.6. The number of nitrogens with zero attached hydrogens (tertiary/aromatic N) is 4. The number of anilines is 1. The van der Waals surface area contributed by atoms with Crippen molar-refractivity contribution in [2.45, 2.75) is 19.9 Å². The van der Waals surface area contributed by atoms with Gasteiger partial charge in [0.25, 0.3) is 5.69 Å². The number of carbonyl (C=O) groups is 1. The quantitative estimate of drug-likeness (QED) is 0.687. The van der Waals surface area contributed by atoms with Gasteiger partial charge >= 0.3 is 0 Å². The number of nitro benzene ring substituents is 1. The van der Waals surface area contributed by atoms with Crippen LogP contribution in [0.25, 0.3) is 0 Å². The van der Waals surface area contributed by atoms with Gasteiger partial charge in [-0.1, -0.05) is 12.1 Å². The molecule has 1 aliphatic rings. The summed E-state index contributed by atoms with van der Waals surface area (Å²) in [4.78, 5) is 26.7. The summed E-state index contributed by atoms with van der Waals surface area (Å²) in [7, 11) is 0. The highest BCUT2D eigenvalue weighted by molar-refractivity contribution is 5.96. The van der Waals surface area contributed by atoms with Crippen LogP contribution in [0.3, 0.4) is 0 Å². The van der Waals surface area contributed by atoms with Crippen molar-refractivity contribution in [1.82, 2.24) is 14.8 Å². The molecule has 2 heterocycles. The molecule has 0 radical (unpaired) electrons. The molecule has 1 aromatic carbocycles. The maximum atomic E-state index is 12.1. The molecule has 0 fully saturated rings. The molecule has 0 spiro atoms. The van der Waals surface area contributed by atoms with Crippen LogP contribution in [-0.4, -0.2) is 25.5 Å². The first-order valence-electron chi connectivity index (χ1n) is 6.61. The Morgan fingerprint density at radius 1 is 1.45 bits per heavy atom. The smallest absolute Gasteiger partial charge is 0.269 e. The predicted molar refractivity (Wildman–Crippen MR) is 78.3 cm³/mol. The van der Waals surface area contributed by atoms with E-state index < -0.39 is 11.0 Å². The molecule has 1 aromatic heterocycles. The van der Waals surface area contributed by atoms with Crippen LogP contribution in [0.4, 0.5) is 11.6 Å². The number of nitro groups is 1. The molecule has 0 saturated heterocycles. The largest absolute Gasteiger partial charge is 0.328 e. The number of aromatic nitrogens is 3. The summed E-state index contributed by atoms with van der Waals surface area (Å²) in [5.74, 6) is 0.377. The fourth-order valence-corrected chi connectivity index (χ4v) is 2.66. The van der Waals surface area contributed by atoms with Crippen molar-refractivity contribution in [3.05, 3.63) is 57.5 Å². The highest BCUT2D eigenvalue weighted by Crippen LogP contribution is 2.35. The lowest BCUT2D eigenvalue weighted by Gasteiger charge is -2.27. The summed E-state index contributed by atoms with van der Waals surface area (Å²) in [6.07, 6.45) is 1.38. The minimum Gasteiger partial charge on any atom is -0.328 e. The first-order chi connectivity index (χ1) is 10.5. The second-order valence-corrected chi connectivity index (χ2v) is 5.00. The molecule has 0 bridgehead atoms. The number of benzene rings is 1. The van der Waals surface area contributed by atoms with Crippen molar-refractivity contribution in [3.8, 4) is 0 Å². The van der Waals surface area contributed by atoms with Crippen LogP contribution < -0.4 is 5.32 Å². The number of fused-ring (bicyclic) bond motifs is 1. The molecule has 2 aromatic rings. The number of Topliss-reactive ketones (excluding diaryl/α,β-unsaturated/α-hetero) is 1. The zero-order chi connectivity index (χ0) is 15.9. The molecule has 0 amide bonds. The molecular formula is C14H13N5O3. The van der Waals surface area contributed by atoms with Crippen LogP contribution in [0.5, 0.6) is 0 Å². The average molecular weight is 299 g/mol. The summed E-state index contributed by atoms with van der Waals surface area (Å²) in [6, 6.07) is 5.68. The third-order valence-electron chi connectivity index (χ3n) is 3.57. The lowest BCUT2D eigenvalue weighted by atomic mass is 9.93. The lowest BCUT2D eigenvalue weighted by Crippen LogP contribution is -2.27. The molecule has 3 rings (SSSR count). The molecule has 1 aliphatic heterocycles. The second-order valence-electron chi connectivity index (χ2n) is 5.00. The van der Waals surface area contributed by atoms with E-state index in [4.69, 9.17) is 0 Å². The van der Waals surface area contributed by atoms with Gasteiger partial charge in [-0.3, -0.25) is 14.9 Å². The Hall–Kier alpha value is -3.03. The maximum absolute atomic E-state index is 12.1. The number of hydrogen-bond acceptors (Lipinski definition) is 6. The van der Waals surface area contributed by atoms with E-state index in [-0.39, 0.29) is 11.5 Å². The van der Waals surface area contributed by atoms with Gasteiger partial charge in [0.2, 0.25) is 5.95 Å². The Labute approximate surface area is 125 Å². The summed E-state index contributed by atoms with van der Waals surface area (Å²) in [5.41, 5.74) is 1.77. The Morgan fingerprint density at radius 3 is 2.91 bits per heavy atom. The average Bonchev–Trinajstić information content (AvgIpc) is 2.93. The minimum absolute atomic E-state index is 0.0294. The van der Waals surface area contributed by atoms with E-state index in [1.54, 1.807) is 23.7 Å². The van der Waals surface area contributed by atoms with Gasteiger partial charge in [-0.15, -0.1) is 0 Å². The molecule has 8 nitrogen and oxygen atoms in total. The van der Waals surface area contributed by atoms with Crippen molar-refractivity contribution in [1.29, 1.82) is 0 Å². The van der Waals surface area contributed by atoms with Crippen molar-refractivity contribution in [3.63, 3.8) is 0 Å². The molecule has 0 aliphatic carbocycles. The van der Waals surface area contributed by atoms with Gasteiger partial charge < -0.3 is 5.32 Å². The topological polar surface area (TPSA) is 103 Å². The zero-order valence-electron chi connectivity index (χ0n) is 12.0. The van der Waals surface area contributed by atoms with Crippen LogP contribution in [-0.2, 0) is 4.79 Å². The van der Waals surface area contributed by atoms with E-state index in [0.29, 0.717) is 22.8 Å². The zero-order valence-corrected chi connectivity index (χ0v) is 12.0. The lowest BCUT2D eigenvalue weighted by molar-refractivity contribution is -0.384. The van der Waals surface area contributed by atoms with Gasteiger partial charge in [-0.05, 0) is 19.4 Å². The van der Waals surface area contributed by atoms with Crippen molar-refractivity contribution < 1.29 is 9.72 Å². The molecule has 0 saturated carbocycles. The number of nitrogens with one attached hydrogen (secondary N) is 1. The summed E-state index contributed by atoms with van der Waals surface area (Å²) < 4.78 is 1.56. The number of ketones is 1. The molecule has 22 heavy (non-hydrogen) atoms. The van der Waals surface area contributed by atoms with Gasteiger partial charge in [0.05, 0.1) is 4.92 Å². The Bertz CT molecular complexity index is 808. The SMILES string of the molecule is CC(=O)C1=C(C)Nc2ncnn2[C@H]1c1cccc([N+](=O)[O-])c1. The number of non-ortho nitro benzene ring substituents is 1. The maximum Gasteiger partial charge on any atom is 0.269 e. The minimum atomic E-state index is -0.531. The van der Waals surface area contributed by atoms with Gasteiger partial charge in [0.1, 0.15) is 12.4 Å². The van der Waals surface area contributed by atoms with E-state index in [9.17, 15) is 14.9 Å². The number of rotatable bonds is 3. The molecule has 1 atom stereocenters. The normalized spacial score (nSPS) is 16.9. The Morgan fingerprint density at radius 2 is 2.23 bits per heavy atom. The number of carbonyl (C=O) groups excluding carboxylic acids is 1. The fourth-order valence-electron chi connectivity index (χ4n) is 2.66. The van der Waals surface area contributed by atoms with E-state index in [0.717, 1.165) is 0 Å². The van der Waals surface area contributed by atoms with Crippen LogP contribution >= 0.6 is 0 Å². The highest BCUT2D eigenvalue weighted by Gasteiger charge is 2.32. The van der Waals surface area contributed by atoms with Crippen molar-refractivity contribution in [2.24, 2.45) is 0 Å². The molecule has 0 unspecified atom stereocenters. The van der Waals surface area contributed by atoms with E-state index in [1.807, 2.05) is 0 Å². The third kappa shape index (κ3) is 2.14. The van der Waals surface area contributed by atoms with Gasteiger partial charge in [-0.25, -0.2) is 4.68 Å². The van der Waals surface area contributed by atoms with E-state index in [2.05, 4.69) is 15.4 Å². The summed E-state index contributed by atoms with van der Waals surface area (Å²) >= 11 is 0.